The fraction of sp³-hybridized carbons (Fsp3) is 0.296. The van der Waals surface area contributed by atoms with Gasteiger partial charge in [0.15, 0.2) is 0 Å². The summed E-state index contributed by atoms with van der Waals surface area (Å²) >= 11 is 6.06. The van der Waals surface area contributed by atoms with Crippen LogP contribution in [0.5, 0.6) is 0 Å². The molecule has 3 aromatic carbocycles. The normalized spacial score (nSPS) is 14.4. The van der Waals surface area contributed by atoms with Crippen LogP contribution < -0.4 is 5.32 Å². The lowest BCUT2D eigenvalue weighted by Gasteiger charge is -2.36. The first-order valence-corrected chi connectivity index (χ1v) is 11.0. The molecule has 0 aromatic heterocycles. The van der Waals surface area contributed by atoms with E-state index in [1.165, 1.54) is 12.1 Å². The highest BCUT2D eigenvalue weighted by Gasteiger charge is 2.32. The molecule has 0 spiro atoms. The van der Waals surface area contributed by atoms with E-state index in [-0.39, 0.29) is 17.8 Å². The molecule has 0 aliphatic rings. The number of aliphatic hydroxyl groups is 1. The van der Waals surface area contributed by atoms with Gasteiger partial charge in [0.2, 0.25) is 0 Å². The summed E-state index contributed by atoms with van der Waals surface area (Å²) in [5.74, 6) is -0.292. The van der Waals surface area contributed by atoms with Crippen molar-refractivity contribution < 1.29 is 9.50 Å². The van der Waals surface area contributed by atoms with Gasteiger partial charge in [0.1, 0.15) is 5.82 Å². The number of nitriles is 1. The van der Waals surface area contributed by atoms with Crippen molar-refractivity contribution in [3.05, 3.63) is 106 Å². The number of nitrogens with zero attached hydrogens (tertiary/aromatic N) is 1. The molecule has 5 heteroatoms. The lowest BCUT2D eigenvalue weighted by Crippen LogP contribution is -2.45. The van der Waals surface area contributed by atoms with Crippen molar-refractivity contribution in [3.8, 4) is 6.07 Å². The summed E-state index contributed by atoms with van der Waals surface area (Å²) < 4.78 is 13.5. The SMILES string of the molecule is C[C@H](N[C@@H](c1ccc(F)cc1)C(C)(C)O)C(Cc1ccc(Cl)cc1)c1cccc(C#N)c1. The molecule has 2 N–H and O–H groups in total. The summed E-state index contributed by atoms with van der Waals surface area (Å²) in [4.78, 5) is 0. The van der Waals surface area contributed by atoms with Gasteiger partial charge in [0, 0.05) is 17.0 Å². The Balaban J connectivity index is 1.95. The van der Waals surface area contributed by atoms with E-state index in [0.717, 1.165) is 23.1 Å². The van der Waals surface area contributed by atoms with Gasteiger partial charge in [-0.1, -0.05) is 48.0 Å². The first-order valence-electron chi connectivity index (χ1n) is 10.7. The largest absolute Gasteiger partial charge is 0.388 e. The second-order valence-corrected chi connectivity index (χ2v) is 9.20. The van der Waals surface area contributed by atoms with Crippen LogP contribution in [0.1, 0.15) is 55.0 Å². The molecule has 0 fully saturated rings. The summed E-state index contributed by atoms with van der Waals surface area (Å²) in [5, 5.41) is 24.5. The fourth-order valence-corrected chi connectivity index (χ4v) is 4.16. The summed E-state index contributed by atoms with van der Waals surface area (Å²) in [6.45, 7) is 5.55. The molecular weight excluding hydrogens is 423 g/mol. The van der Waals surface area contributed by atoms with Gasteiger partial charge in [-0.2, -0.15) is 5.26 Å². The van der Waals surface area contributed by atoms with Crippen LogP contribution in [0.4, 0.5) is 4.39 Å². The average Bonchev–Trinajstić information content (AvgIpc) is 2.77. The zero-order valence-electron chi connectivity index (χ0n) is 18.5. The quantitative estimate of drug-likeness (QED) is 0.431. The molecule has 166 valence electrons. The Morgan fingerprint density at radius 3 is 2.28 bits per heavy atom. The highest BCUT2D eigenvalue weighted by Crippen LogP contribution is 2.31. The Labute approximate surface area is 194 Å². The molecule has 0 radical (unpaired) electrons. The van der Waals surface area contributed by atoms with Gasteiger partial charge in [0.25, 0.3) is 0 Å². The second kappa shape index (κ2) is 10.3. The van der Waals surface area contributed by atoms with Crippen LogP contribution in [0, 0.1) is 17.1 Å². The first-order chi connectivity index (χ1) is 15.2. The molecule has 32 heavy (non-hydrogen) atoms. The average molecular weight is 451 g/mol. The number of nitrogens with one attached hydrogen (secondary N) is 1. The minimum atomic E-state index is -1.08. The van der Waals surface area contributed by atoms with Crippen molar-refractivity contribution in [2.24, 2.45) is 0 Å². The highest BCUT2D eigenvalue weighted by molar-refractivity contribution is 6.30. The maximum absolute atomic E-state index is 13.5. The summed E-state index contributed by atoms with van der Waals surface area (Å²) in [5.41, 5.74) is 2.49. The van der Waals surface area contributed by atoms with Gasteiger partial charge >= 0.3 is 0 Å². The van der Waals surface area contributed by atoms with Crippen LogP contribution in [0.15, 0.2) is 72.8 Å². The molecule has 0 heterocycles. The fourth-order valence-electron chi connectivity index (χ4n) is 4.04. The number of halogens is 2. The molecule has 3 nitrogen and oxygen atoms in total. The minimum absolute atomic E-state index is 0.0229. The smallest absolute Gasteiger partial charge is 0.123 e. The molecule has 0 aliphatic carbocycles. The Kier molecular flexibility index (Phi) is 7.69. The predicted molar refractivity (Wildman–Crippen MR) is 127 cm³/mol. The maximum Gasteiger partial charge on any atom is 0.123 e. The lowest BCUT2D eigenvalue weighted by molar-refractivity contribution is 0.0316. The molecule has 3 rings (SSSR count). The number of hydrogen-bond acceptors (Lipinski definition) is 3. The molecule has 0 saturated carbocycles. The third-order valence-corrected chi connectivity index (χ3v) is 6.01. The van der Waals surface area contributed by atoms with Gasteiger partial charge in [0.05, 0.1) is 23.3 Å². The van der Waals surface area contributed by atoms with Crippen LogP contribution >= 0.6 is 11.6 Å². The minimum Gasteiger partial charge on any atom is -0.388 e. The van der Waals surface area contributed by atoms with E-state index in [1.807, 2.05) is 42.5 Å². The molecular formula is C27H28ClFN2O. The second-order valence-electron chi connectivity index (χ2n) is 8.77. The zero-order valence-corrected chi connectivity index (χ0v) is 19.3. The third kappa shape index (κ3) is 6.17. The number of rotatable bonds is 8. The van der Waals surface area contributed by atoms with Crippen LogP contribution in [0.3, 0.4) is 0 Å². The first kappa shape index (κ1) is 23.9. The monoisotopic (exact) mass is 450 g/mol. The topological polar surface area (TPSA) is 56.0 Å². The van der Waals surface area contributed by atoms with E-state index in [1.54, 1.807) is 32.0 Å². The Hall–Kier alpha value is -2.71. The number of benzene rings is 3. The molecule has 3 atom stereocenters. The van der Waals surface area contributed by atoms with Gasteiger partial charge in [-0.05, 0) is 80.3 Å². The van der Waals surface area contributed by atoms with Crippen LogP contribution in [-0.4, -0.2) is 16.7 Å². The Bertz CT molecular complexity index is 1070. The Morgan fingerprint density at radius 2 is 1.69 bits per heavy atom. The van der Waals surface area contributed by atoms with E-state index < -0.39 is 11.6 Å². The molecule has 0 aliphatic heterocycles. The zero-order chi connectivity index (χ0) is 23.3. The third-order valence-electron chi connectivity index (χ3n) is 5.76. The lowest BCUT2D eigenvalue weighted by atomic mass is 9.83. The molecule has 3 aromatic rings. The highest BCUT2D eigenvalue weighted by atomic mass is 35.5. The van der Waals surface area contributed by atoms with Gasteiger partial charge in [-0.15, -0.1) is 0 Å². The van der Waals surface area contributed by atoms with Crippen LogP contribution in [0.25, 0.3) is 0 Å². The van der Waals surface area contributed by atoms with E-state index >= 15 is 0 Å². The summed E-state index contributed by atoms with van der Waals surface area (Å²) in [7, 11) is 0. The number of hydrogen-bond donors (Lipinski definition) is 2. The van der Waals surface area contributed by atoms with E-state index in [4.69, 9.17) is 11.6 Å². The van der Waals surface area contributed by atoms with Crippen LogP contribution in [-0.2, 0) is 6.42 Å². The van der Waals surface area contributed by atoms with Crippen molar-refractivity contribution in [3.63, 3.8) is 0 Å². The molecule has 0 saturated heterocycles. The van der Waals surface area contributed by atoms with Gasteiger partial charge in [-0.3, -0.25) is 0 Å². The molecule has 1 unspecified atom stereocenters. The molecule has 0 bridgehead atoms. The molecule has 0 amide bonds. The van der Waals surface area contributed by atoms with Crippen LogP contribution in [0.2, 0.25) is 5.02 Å². The summed E-state index contributed by atoms with van der Waals surface area (Å²) in [6, 6.07) is 23.3. The Morgan fingerprint density at radius 1 is 1.03 bits per heavy atom. The van der Waals surface area contributed by atoms with E-state index in [0.29, 0.717) is 10.6 Å². The van der Waals surface area contributed by atoms with Crippen molar-refractivity contribution in [2.45, 2.75) is 50.8 Å². The standard InChI is InChI=1S/C27H28ClFN2O/c1-18(31-26(27(2,3)32)21-9-13-24(29)14-10-21)25(16-19-7-11-23(28)12-8-19)22-6-4-5-20(15-22)17-30/h4-15,18,25-26,31-32H,16H2,1-3H3/t18-,25?,26-/m0/s1. The van der Waals surface area contributed by atoms with E-state index in [9.17, 15) is 14.8 Å². The van der Waals surface area contributed by atoms with Crippen molar-refractivity contribution in [1.29, 1.82) is 5.26 Å². The van der Waals surface area contributed by atoms with Gasteiger partial charge in [-0.25, -0.2) is 4.39 Å². The van der Waals surface area contributed by atoms with Crippen molar-refractivity contribution in [2.75, 3.05) is 0 Å². The van der Waals surface area contributed by atoms with Gasteiger partial charge < -0.3 is 10.4 Å². The van der Waals surface area contributed by atoms with E-state index in [2.05, 4.69) is 18.3 Å². The summed E-state index contributed by atoms with van der Waals surface area (Å²) in [6.07, 6.45) is 0.724. The maximum atomic E-state index is 13.5. The van der Waals surface area contributed by atoms with Crippen molar-refractivity contribution in [1.82, 2.24) is 5.32 Å². The van der Waals surface area contributed by atoms with Crippen molar-refractivity contribution >= 4 is 11.6 Å². The predicted octanol–water partition coefficient (Wildman–Crippen LogP) is 6.17.